The van der Waals surface area contributed by atoms with Gasteiger partial charge >= 0.3 is 6.09 Å². The maximum absolute atomic E-state index is 11.5. The Labute approximate surface area is 94.6 Å². The van der Waals surface area contributed by atoms with Crippen LogP contribution in [0, 0.1) is 0 Å². The predicted octanol–water partition coefficient (Wildman–Crippen LogP) is 0.721. The van der Waals surface area contributed by atoms with Crippen molar-refractivity contribution in [3.05, 3.63) is 0 Å². The first-order chi connectivity index (χ1) is 7.29. The highest BCUT2D eigenvalue weighted by molar-refractivity contribution is 5.89. The van der Waals surface area contributed by atoms with Gasteiger partial charge in [0.15, 0.2) is 0 Å². The first-order valence-electron chi connectivity index (χ1n) is 5.14. The first-order valence-corrected chi connectivity index (χ1v) is 5.14. The van der Waals surface area contributed by atoms with Gasteiger partial charge in [0.05, 0.1) is 0 Å². The molecular weight excluding hydrogens is 212 g/mol. The monoisotopic (exact) mass is 230 g/mol. The molecule has 0 radical (unpaired) electrons. The molecule has 0 spiro atoms. The Hall–Kier alpha value is -1.30. The molecule has 0 heterocycles. The van der Waals surface area contributed by atoms with E-state index in [1.165, 1.54) is 7.11 Å². The van der Waals surface area contributed by atoms with Gasteiger partial charge < -0.3 is 9.47 Å². The quantitative estimate of drug-likeness (QED) is 0.685. The molecule has 1 rings (SSSR count). The Morgan fingerprint density at radius 2 is 1.75 bits per heavy atom. The lowest BCUT2D eigenvalue weighted by Gasteiger charge is -2.20. The lowest BCUT2D eigenvalue weighted by atomic mass is 10.2. The zero-order valence-corrected chi connectivity index (χ0v) is 10.0. The molecule has 1 saturated carbocycles. The molecule has 6 nitrogen and oxygen atoms in total. The third-order valence-corrected chi connectivity index (χ3v) is 2.19. The molecule has 2 amide bonds. The standard InChI is InChI=1S/C10H18N2O4/c1-9(2,3)16-8(14)12-11-7(13)10(15-4)5-6-10/h5-6H2,1-4H3,(H,11,13)(H,12,14). The molecule has 1 fully saturated rings. The zero-order chi connectivity index (χ0) is 12.4. The number of carbonyl (C=O) groups excluding carboxylic acids is 2. The highest BCUT2D eigenvalue weighted by atomic mass is 16.6. The summed E-state index contributed by atoms with van der Waals surface area (Å²) < 4.78 is 9.99. The number of nitrogens with one attached hydrogen (secondary N) is 2. The molecule has 0 unspecified atom stereocenters. The van der Waals surface area contributed by atoms with E-state index < -0.39 is 17.3 Å². The Kier molecular flexibility index (Phi) is 3.42. The van der Waals surface area contributed by atoms with Crippen LogP contribution in [-0.2, 0) is 14.3 Å². The maximum Gasteiger partial charge on any atom is 0.426 e. The van der Waals surface area contributed by atoms with E-state index in [4.69, 9.17) is 9.47 Å². The van der Waals surface area contributed by atoms with Crippen LogP contribution in [0.2, 0.25) is 0 Å². The van der Waals surface area contributed by atoms with E-state index in [1.807, 2.05) is 0 Å². The third-order valence-electron chi connectivity index (χ3n) is 2.19. The van der Waals surface area contributed by atoms with Gasteiger partial charge in [-0.1, -0.05) is 0 Å². The highest BCUT2D eigenvalue weighted by Crippen LogP contribution is 2.38. The van der Waals surface area contributed by atoms with Gasteiger partial charge in [-0.15, -0.1) is 0 Å². The van der Waals surface area contributed by atoms with E-state index in [0.29, 0.717) is 12.8 Å². The molecule has 6 heteroatoms. The fraction of sp³-hybridized carbons (Fsp3) is 0.800. The molecule has 0 aromatic carbocycles. The average Bonchev–Trinajstić information content (AvgIpc) is 2.92. The minimum atomic E-state index is -0.755. The van der Waals surface area contributed by atoms with Crippen LogP contribution in [0.5, 0.6) is 0 Å². The van der Waals surface area contributed by atoms with Crippen LogP contribution in [0.25, 0.3) is 0 Å². The molecule has 0 saturated heterocycles. The fourth-order valence-corrected chi connectivity index (χ4v) is 1.16. The van der Waals surface area contributed by atoms with Gasteiger partial charge in [-0.25, -0.2) is 10.2 Å². The van der Waals surface area contributed by atoms with E-state index in [9.17, 15) is 9.59 Å². The number of ether oxygens (including phenoxy) is 2. The summed E-state index contributed by atoms with van der Waals surface area (Å²) in [5, 5.41) is 0. The summed E-state index contributed by atoms with van der Waals surface area (Å²) in [6.45, 7) is 5.23. The number of hydrogen-bond acceptors (Lipinski definition) is 4. The van der Waals surface area contributed by atoms with E-state index in [-0.39, 0.29) is 5.91 Å². The van der Waals surface area contributed by atoms with Crippen molar-refractivity contribution in [2.75, 3.05) is 7.11 Å². The minimum Gasteiger partial charge on any atom is -0.443 e. The summed E-state index contributed by atoms with van der Waals surface area (Å²) in [6, 6.07) is 0. The largest absolute Gasteiger partial charge is 0.443 e. The maximum atomic E-state index is 11.5. The van der Waals surface area contributed by atoms with E-state index in [0.717, 1.165) is 0 Å². The Morgan fingerprint density at radius 1 is 1.19 bits per heavy atom. The van der Waals surface area contributed by atoms with Gasteiger partial charge in [0.1, 0.15) is 11.2 Å². The van der Waals surface area contributed by atoms with Crippen LogP contribution in [-0.4, -0.2) is 30.3 Å². The van der Waals surface area contributed by atoms with Crippen molar-refractivity contribution >= 4 is 12.0 Å². The second-order valence-electron chi connectivity index (χ2n) is 4.78. The summed E-state index contributed by atoms with van der Waals surface area (Å²) in [7, 11) is 1.47. The Bertz CT molecular complexity index is 292. The van der Waals surface area contributed by atoms with Crippen molar-refractivity contribution in [2.45, 2.75) is 44.8 Å². The van der Waals surface area contributed by atoms with Gasteiger partial charge in [-0.2, -0.15) is 0 Å². The average molecular weight is 230 g/mol. The van der Waals surface area contributed by atoms with E-state index >= 15 is 0 Å². The summed E-state index contributed by atoms with van der Waals surface area (Å²) in [6.07, 6.45) is 0.657. The summed E-state index contributed by atoms with van der Waals surface area (Å²) in [5.41, 5.74) is 3.10. The number of amides is 2. The fourth-order valence-electron chi connectivity index (χ4n) is 1.16. The summed E-state index contributed by atoms with van der Waals surface area (Å²) >= 11 is 0. The van der Waals surface area contributed by atoms with E-state index in [1.54, 1.807) is 20.8 Å². The van der Waals surface area contributed by atoms with Crippen LogP contribution >= 0.6 is 0 Å². The number of hydrazine groups is 1. The smallest absolute Gasteiger partial charge is 0.426 e. The predicted molar refractivity (Wildman–Crippen MR) is 56.5 cm³/mol. The molecule has 0 atom stereocenters. The van der Waals surface area contributed by atoms with E-state index in [2.05, 4.69) is 10.9 Å². The topological polar surface area (TPSA) is 76.7 Å². The van der Waals surface area contributed by atoms with Crippen LogP contribution in [0.15, 0.2) is 0 Å². The molecule has 92 valence electrons. The number of methoxy groups -OCH3 is 1. The van der Waals surface area contributed by atoms with Crippen molar-refractivity contribution in [1.29, 1.82) is 0 Å². The Morgan fingerprint density at radius 3 is 2.12 bits per heavy atom. The first kappa shape index (κ1) is 12.8. The lowest BCUT2D eigenvalue weighted by Crippen LogP contribution is -2.49. The molecule has 0 aromatic heterocycles. The van der Waals surface area contributed by atoms with Crippen molar-refractivity contribution in [3.63, 3.8) is 0 Å². The number of carbonyl (C=O) groups is 2. The summed E-state index contributed by atoms with van der Waals surface area (Å²) in [4.78, 5) is 22.7. The Balaban J connectivity index is 2.30. The summed E-state index contributed by atoms with van der Waals surface area (Å²) in [5.74, 6) is -0.346. The van der Waals surface area contributed by atoms with Gasteiger partial charge in [-0.05, 0) is 33.6 Å². The zero-order valence-electron chi connectivity index (χ0n) is 10.0. The van der Waals surface area contributed by atoms with Gasteiger partial charge in [0.2, 0.25) is 0 Å². The second kappa shape index (κ2) is 4.29. The second-order valence-corrected chi connectivity index (χ2v) is 4.78. The van der Waals surface area contributed by atoms with Crippen LogP contribution in [0.3, 0.4) is 0 Å². The van der Waals surface area contributed by atoms with Crippen molar-refractivity contribution in [2.24, 2.45) is 0 Å². The van der Waals surface area contributed by atoms with Gasteiger partial charge in [0, 0.05) is 7.11 Å². The van der Waals surface area contributed by atoms with Crippen LogP contribution < -0.4 is 10.9 Å². The molecule has 2 N–H and O–H groups in total. The van der Waals surface area contributed by atoms with Gasteiger partial charge in [0.25, 0.3) is 5.91 Å². The highest BCUT2D eigenvalue weighted by Gasteiger charge is 2.50. The number of hydrogen-bond donors (Lipinski definition) is 2. The molecule has 0 bridgehead atoms. The molecule has 16 heavy (non-hydrogen) atoms. The van der Waals surface area contributed by atoms with Crippen LogP contribution in [0.4, 0.5) is 4.79 Å². The van der Waals surface area contributed by atoms with Crippen molar-refractivity contribution in [3.8, 4) is 0 Å². The normalized spacial score (nSPS) is 17.5. The SMILES string of the molecule is COC1(C(=O)NNC(=O)OC(C)(C)C)CC1. The minimum absolute atomic E-state index is 0.346. The molecule has 1 aliphatic rings. The van der Waals surface area contributed by atoms with Crippen LogP contribution in [0.1, 0.15) is 33.6 Å². The molecule has 1 aliphatic carbocycles. The molecule has 0 aliphatic heterocycles. The molecular formula is C10H18N2O4. The molecule has 0 aromatic rings. The van der Waals surface area contributed by atoms with Gasteiger partial charge in [-0.3, -0.25) is 10.2 Å². The third kappa shape index (κ3) is 3.37. The van der Waals surface area contributed by atoms with Crippen molar-refractivity contribution in [1.82, 2.24) is 10.9 Å². The van der Waals surface area contributed by atoms with Crippen molar-refractivity contribution < 1.29 is 19.1 Å². The lowest BCUT2D eigenvalue weighted by molar-refractivity contribution is -0.134. The number of rotatable bonds is 2.